The van der Waals surface area contributed by atoms with E-state index in [1.165, 1.54) is 28.9 Å². The van der Waals surface area contributed by atoms with Gasteiger partial charge in [-0.25, -0.2) is 8.42 Å². The summed E-state index contributed by atoms with van der Waals surface area (Å²) in [5.74, 6) is 0.154. The molecule has 0 aliphatic carbocycles. The number of nitro groups is 1. The van der Waals surface area contributed by atoms with Gasteiger partial charge in [-0.3, -0.25) is 14.9 Å². The van der Waals surface area contributed by atoms with Gasteiger partial charge in [0.05, 0.1) is 36.0 Å². The van der Waals surface area contributed by atoms with Crippen molar-refractivity contribution >= 4 is 21.6 Å². The lowest BCUT2D eigenvalue weighted by Gasteiger charge is -2.37. The molecular weight excluding hydrogens is 396 g/mol. The van der Waals surface area contributed by atoms with E-state index in [0.29, 0.717) is 38.8 Å². The minimum Gasteiger partial charge on any atom is -0.335 e. The molecule has 10 heteroatoms. The molecule has 1 aromatic rings. The van der Waals surface area contributed by atoms with E-state index in [2.05, 4.69) is 6.92 Å². The molecule has 0 spiro atoms. The summed E-state index contributed by atoms with van der Waals surface area (Å²) in [5, 5.41) is 10.9. The zero-order chi connectivity index (χ0) is 21.0. The molecule has 29 heavy (non-hydrogen) atoms. The predicted molar refractivity (Wildman–Crippen MR) is 107 cm³/mol. The first-order valence-corrected chi connectivity index (χ1v) is 11.6. The van der Waals surface area contributed by atoms with E-state index in [1.54, 1.807) is 0 Å². The lowest BCUT2D eigenvalue weighted by Crippen LogP contribution is -3.15. The second kappa shape index (κ2) is 9.19. The number of hydrogen-bond acceptors (Lipinski definition) is 5. The minimum absolute atomic E-state index is 0.0645. The van der Waals surface area contributed by atoms with Crippen molar-refractivity contribution in [1.29, 1.82) is 0 Å². The van der Waals surface area contributed by atoms with Gasteiger partial charge < -0.3 is 9.80 Å². The zero-order valence-electron chi connectivity index (χ0n) is 16.7. The highest BCUT2D eigenvalue weighted by atomic mass is 32.2. The van der Waals surface area contributed by atoms with E-state index in [-0.39, 0.29) is 16.5 Å². The van der Waals surface area contributed by atoms with Gasteiger partial charge in [0, 0.05) is 24.7 Å². The van der Waals surface area contributed by atoms with Gasteiger partial charge in [-0.2, -0.15) is 4.31 Å². The van der Waals surface area contributed by atoms with E-state index >= 15 is 0 Å². The monoisotopic (exact) mass is 425 g/mol. The Hall–Kier alpha value is -2.04. The maximum absolute atomic E-state index is 12.8. The number of sulfonamides is 1. The molecule has 0 bridgehead atoms. The molecule has 9 nitrogen and oxygen atoms in total. The fourth-order valence-corrected chi connectivity index (χ4v) is 5.68. The lowest BCUT2D eigenvalue weighted by atomic mass is 10.00. The highest BCUT2D eigenvalue weighted by Crippen LogP contribution is 2.21. The van der Waals surface area contributed by atoms with E-state index in [9.17, 15) is 23.3 Å². The molecule has 2 aliphatic rings. The van der Waals surface area contributed by atoms with Crippen LogP contribution in [0.15, 0.2) is 29.2 Å². The molecule has 1 amide bonds. The average molecular weight is 426 g/mol. The summed E-state index contributed by atoms with van der Waals surface area (Å²) in [4.78, 5) is 26.1. The Morgan fingerprint density at radius 2 is 1.97 bits per heavy atom. The van der Waals surface area contributed by atoms with Crippen molar-refractivity contribution in [3.8, 4) is 0 Å². The van der Waals surface area contributed by atoms with E-state index in [4.69, 9.17) is 0 Å². The van der Waals surface area contributed by atoms with Crippen LogP contribution in [0.2, 0.25) is 0 Å². The SMILES string of the molecule is CC[C@@H]1CCCCN1C(=O)C[NH+]1CCN(S(=O)(=O)c2cccc([N+](=O)[O-])c2)CC1. The van der Waals surface area contributed by atoms with E-state index in [1.807, 2.05) is 4.90 Å². The van der Waals surface area contributed by atoms with Gasteiger partial charge in [-0.15, -0.1) is 0 Å². The first-order chi connectivity index (χ1) is 13.8. The van der Waals surface area contributed by atoms with Gasteiger partial charge in [0.15, 0.2) is 6.54 Å². The number of carbonyl (C=O) groups excluding carboxylic acids is 1. The molecule has 1 N–H and O–H groups in total. The third-order valence-corrected chi connectivity index (χ3v) is 7.81. The number of rotatable bonds is 6. The Bertz CT molecular complexity index is 852. The number of nitrogens with one attached hydrogen (secondary N) is 1. The zero-order valence-corrected chi connectivity index (χ0v) is 17.6. The molecule has 0 radical (unpaired) electrons. The number of hydrogen-bond donors (Lipinski definition) is 1. The van der Waals surface area contributed by atoms with Gasteiger partial charge in [0.25, 0.3) is 11.6 Å². The molecule has 160 valence electrons. The van der Waals surface area contributed by atoms with E-state index < -0.39 is 14.9 Å². The number of piperidine rings is 1. The summed E-state index contributed by atoms with van der Waals surface area (Å²) in [6, 6.07) is 5.46. The molecule has 1 atom stereocenters. The normalized spacial score (nSPS) is 21.8. The molecule has 2 heterocycles. The summed E-state index contributed by atoms with van der Waals surface area (Å²) in [6.45, 7) is 5.00. The average Bonchev–Trinajstić information content (AvgIpc) is 2.74. The smallest absolute Gasteiger partial charge is 0.278 e. The van der Waals surface area contributed by atoms with Crippen LogP contribution < -0.4 is 4.90 Å². The quantitative estimate of drug-likeness (QED) is 0.520. The van der Waals surface area contributed by atoms with Crippen molar-refractivity contribution in [3.63, 3.8) is 0 Å². The summed E-state index contributed by atoms with van der Waals surface area (Å²) >= 11 is 0. The molecule has 3 rings (SSSR count). The number of amides is 1. The Balaban J connectivity index is 1.59. The Morgan fingerprint density at radius 1 is 1.24 bits per heavy atom. The number of carbonyl (C=O) groups is 1. The Labute approximate surface area is 171 Å². The summed E-state index contributed by atoms with van der Waals surface area (Å²) in [5.41, 5.74) is -0.243. The fourth-order valence-electron chi connectivity index (χ4n) is 4.19. The molecule has 2 aliphatic heterocycles. The van der Waals surface area contributed by atoms with Crippen LogP contribution in [0, 0.1) is 10.1 Å². The number of piperazine rings is 1. The third kappa shape index (κ3) is 4.93. The number of nitro benzene ring substituents is 1. The van der Waals surface area contributed by atoms with Crippen molar-refractivity contribution in [2.45, 2.75) is 43.5 Å². The fraction of sp³-hybridized carbons (Fsp3) is 0.632. The van der Waals surface area contributed by atoms with Crippen molar-refractivity contribution in [1.82, 2.24) is 9.21 Å². The van der Waals surface area contributed by atoms with Gasteiger partial charge in [-0.1, -0.05) is 13.0 Å². The number of nitrogens with zero attached hydrogens (tertiary/aromatic N) is 3. The van der Waals surface area contributed by atoms with Crippen molar-refractivity contribution < 1.29 is 23.0 Å². The first kappa shape index (κ1) is 21.7. The lowest BCUT2D eigenvalue weighted by molar-refractivity contribution is -0.896. The predicted octanol–water partition coefficient (Wildman–Crippen LogP) is 0.275. The summed E-state index contributed by atoms with van der Waals surface area (Å²) < 4.78 is 27.0. The maximum Gasteiger partial charge on any atom is 0.278 e. The van der Waals surface area contributed by atoms with Crippen LogP contribution in [0.3, 0.4) is 0 Å². The molecule has 0 unspecified atom stereocenters. The number of likely N-dealkylation sites (tertiary alicyclic amines) is 1. The summed E-state index contributed by atoms with van der Waals surface area (Å²) in [6.07, 6.45) is 4.25. The van der Waals surface area contributed by atoms with Crippen LogP contribution >= 0.6 is 0 Å². The topological polar surface area (TPSA) is 105 Å². The standard InChI is InChI=1S/C19H28N4O5S/c1-2-16-6-3-4-9-22(16)19(24)15-20-10-12-21(13-11-20)29(27,28)18-8-5-7-17(14-18)23(25)26/h5,7-8,14,16H,2-4,6,9-13,15H2,1H3/p+1/t16-/m1/s1. The highest BCUT2D eigenvalue weighted by Gasteiger charge is 2.33. The molecule has 1 aromatic carbocycles. The number of non-ortho nitro benzene ring substituents is 1. The largest absolute Gasteiger partial charge is 0.335 e. The van der Waals surface area contributed by atoms with Crippen LogP contribution in [0.1, 0.15) is 32.6 Å². The van der Waals surface area contributed by atoms with Gasteiger partial charge in [0.2, 0.25) is 10.0 Å². The van der Waals surface area contributed by atoms with Crippen molar-refractivity contribution in [2.24, 2.45) is 0 Å². The maximum atomic E-state index is 12.8. The second-order valence-electron chi connectivity index (χ2n) is 7.73. The van der Waals surface area contributed by atoms with Crippen LogP contribution in [-0.4, -0.2) is 73.8 Å². The molecule has 2 saturated heterocycles. The number of quaternary nitrogens is 1. The van der Waals surface area contributed by atoms with E-state index in [0.717, 1.165) is 36.8 Å². The van der Waals surface area contributed by atoms with Crippen LogP contribution in [0.25, 0.3) is 0 Å². The van der Waals surface area contributed by atoms with Gasteiger partial charge in [-0.05, 0) is 31.7 Å². The number of benzene rings is 1. The van der Waals surface area contributed by atoms with Gasteiger partial charge in [0.1, 0.15) is 0 Å². The molecule has 2 fully saturated rings. The Morgan fingerprint density at radius 3 is 2.62 bits per heavy atom. The van der Waals surface area contributed by atoms with Crippen molar-refractivity contribution in [2.75, 3.05) is 39.3 Å². The molecule has 0 aromatic heterocycles. The van der Waals surface area contributed by atoms with Crippen LogP contribution in [0.5, 0.6) is 0 Å². The second-order valence-corrected chi connectivity index (χ2v) is 9.67. The van der Waals surface area contributed by atoms with Crippen LogP contribution in [-0.2, 0) is 14.8 Å². The minimum atomic E-state index is -3.78. The molecular formula is C19H29N4O5S+. The van der Waals surface area contributed by atoms with Gasteiger partial charge >= 0.3 is 0 Å². The first-order valence-electron chi connectivity index (χ1n) is 10.2. The van der Waals surface area contributed by atoms with Crippen molar-refractivity contribution in [3.05, 3.63) is 34.4 Å². The highest BCUT2D eigenvalue weighted by molar-refractivity contribution is 7.89. The van der Waals surface area contributed by atoms with Crippen LogP contribution in [0.4, 0.5) is 5.69 Å². The Kier molecular flexibility index (Phi) is 6.86. The third-order valence-electron chi connectivity index (χ3n) is 5.92. The summed E-state index contributed by atoms with van der Waals surface area (Å²) in [7, 11) is -3.78. The molecule has 0 saturated carbocycles.